The molecule has 3 aromatic carbocycles. The topological polar surface area (TPSA) is 59.8 Å². The molecule has 144 valence electrons. The van der Waals surface area contributed by atoms with Crippen LogP contribution in [0.5, 0.6) is 0 Å². The van der Waals surface area contributed by atoms with Gasteiger partial charge < -0.3 is 9.88 Å². The molecule has 0 bridgehead atoms. The van der Waals surface area contributed by atoms with E-state index in [-0.39, 0.29) is 11.8 Å². The number of aryl methyl sites for hydroxylation is 1. The van der Waals surface area contributed by atoms with Crippen molar-refractivity contribution in [3.63, 3.8) is 0 Å². The van der Waals surface area contributed by atoms with E-state index in [1.54, 1.807) is 6.33 Å². The largest absolute Gasteiger partial charge is 0.325 e. The number of carbonyl (C=O) groups is 1. The third-order valence-electron chi connectivity index (χ3n) is 4.53. The Kier molecular flexibility index (Phi) is 5.72. The lowest BCUT2D eigenvalue weighted by Crippen LogP contribution is -2.22. The lowest BCUT2D eigenvalue weighted by atomic mass is 9.90. The predicted octanol–water partition coefficient (Wildman–Crippen LogP) is 4.74. The smallest absolute Gasteiger partial charge is 0.236 e. The zero-order valence-corrected chi connectivity index (χ0v) is 16.7. The first-order valence-corrected chi connectivity index (χ1v) is 10.0. The third-order valence-corrected chi connectivity index (χ3v) is 5.59. The molecular weight excluding hydrogens is 380 g/mol. The van der Waals surface area contributed by atoms with Gasteiger partial charge in [0.25, 0.3) is 0 Å². The van der Waals surface area contributed by atoms with E-state index in [2.05, 4.69) is 15.5 Å². The van der Waals surface area contributed by atoms with E-state index in [0.29, 0.717) is 0 Å². The van der Waals surface area contributed by atoms with Crippen LogP contribution in [0, 0.1) is 0 Å². The average Bonchev–Trinajstić information content (AvgIpc) is 3.16. The minimum Gasteiger partial charge on any atom is -0.325 e. The summed E-state index contributed by atoms with van der Waals surface area (Å²) in [6, 6.07) is 27.4. The molecule has 29 heavy (non-hydrogen) atoms. The summed E-state index contributed by atoms with van der Waals surface area (Å²) in [6.07, 6.45) is 1.67. The molecule has 0 unspecified atom stereocenters. The van der Waals surface area contributed by atoms with Gasteiger partial charge in [0.2, 0.25) is 5.91 Å². The Morgan fingerprint density at radius 3 is 2.00 bits per heavy atom. The van der Waals surface area contributed by atoms with E-state index in [0.717, 1.165) is 26.9 Å². The van der Waals surface area contributed by atoms with Crippen LogP contribution in [0.2, 0.25) is 0 Å². The Morgan fingerprint density at radius 2 is 1.48 bits per heavy atom. The second-order valence-corrected chi connectivity index (χ2v) is 7.64. The molecule has 0 aliphatic carbocycles. The highest BCUT2D eigenvalue weighted by Crippen LogP contribution is 2.28. The highest BCUT2D eigenvalue weighted by molar-refractivity contribution is 7.99. The van der Waals surface area contributed by atoms with Crippen LogP contribution in [0.25, 0.3) is 0 Å². The Labute approximate surface area is 173 Å². The SMILES string of the molecule is Cn1cnnc1Sc1ccc(NC(=O)C(c2ccccc2)c2ccccc2)cc1. The predicted molar refractivity (Wildman–Crippen MR) is 115 cm³/mol. The number of aromatic nitrogens is 3. The van der Waals surface area contributed by atoms with Gasteiger partial charge in [0.05, 0.1) is 5.92 Å². The first-order chi connectivity index (χ1) is 14.2. The molecule has 1 amide bonds. The van der Waals surface area contributed by atoms with Crippen LogP contribution in [0.3, 0.4) is 0 Å². The van der Waals surface area contributed by atoms with Crippen LogP contribution in [0.15, 0.2) is 101 Å². The van der Waals surface area contributed by atoms with E-state index in [1.165, 1.54) is 11.8 Å². The number of hydrogen-bond donors (Lipinski definition) is 1. The summed E-state index contributed by atoms with van der Waals surface area (Å²) in [6.45, 7) is 0. The minimum absolute atomic E-state index is 0.0592. The molecule has 0 saturated carbocycles. The number of nitrogens with zero attached hydrogens (tertiary/aromatic N) is 3. The molecule has 0 aliphatic rings. The van der Waals surface area contributed by atoms with Crippen molar-refractivity contribution < 1.29 is 4.79 Å². The fourth-order valence-electron chi connectivity index (χ4n) is 3.08. The van der Waals surface area contributed by atoms with E-state index < -0.39 is 0 Å². The van der Waals surface area contributed by atoms with Crippen molar-refractivity contribution in [1.82, 2.24) is 14.8 Å². The number of carbonyl (C=O) groups excluding carboxylic acids is 1. The van der Waals surface area contributed by atoms with Crippen molar-refractivity contribution in [2.24, 2.45) is 7.05 Å². The second kappa shape index (κ2) is 8.75. The van der Waals surface area contributed by atoms with Gasteiger partial charge in [-0.25, -0.2) is 0 Å². The number of hydrogen-bond acceptors (Lipinski definition) is 4. The van der Waals surface area contributed by atoms with Crippen LogP contribution < -0.4 is 5.32 Å². The van der Waals surface area contributed by atoms with Crippen molar-refractivity contribution in [3.8, 4) is 0 Å². The number of benzene rings is 3. The molecule has 4 aromatic rings. The standard InChI is InChI=1S/C23H20N4OS/c1-27-16-24-26-23(27)29-20-14-12-19(13-15-20)25-22(28)21(17-8-4-2-5-9-17)18-10-6-3-7-11-18/h2-16,21H,1H3,(H,25,28). The normalized spacial score (nSPS) is 10.8. The van der Waals surface area contributed by atoms with Crippen LogP contribution in [-0.2, 0) is 11.8 Å². The van der Waals surface area contributed by atoms with Gasteiger partial charge in [-0.15, -0.1) is 10.2 Å². The maximum absolute atomic E-state index is 13.2. The van der Waals surface area contributed by atoms with Gasteiger partial charge in [0.15, 0.2) is 5.16 Å². The first-order valence-electron chi connectivity index (χ1n) is 9.23. The summed E-state index contributed by atoms with van der Waals surface area (Å²) < 4.78 is 1.87. The summed E-state index contributed by atoms with van der Waals surface area (Å²) >= 11 is 1.53. The van der Waals surface area contributed by atoms with Gasteiger partial charge in [0.1, 0.15) is 6.33 Å². The van der Waals surface area contributed by atoms with Crippen LogP contribution in [0.4, 0.5) is 5.69 Å². The quantitative estimate of drug-likeness (QED) is 0.508. The Bertz CT molecular complexity index is 1040. The lowest BCUT2D eigenvalue weighted by molar-refractivity contribution is -0.116. The van der Waals surface area contributed by atoms with Gasteiger partial charge in [-0.05, 0) is 47.2 Å². The van der Waals surface area contributed by atoms with Gasteiger partial charge >= 0.3 is 0 Å². The third kappa shape index (κ3) is 4.55. The molecule has 0 spiro atoms. The molecule has 1 N–H and O–H groups in total. The first kappa shape index (κ1) is 19.0. The molecule has 1 aromatic heterocycles. The van der Waals surface area contributed by atoms with Crippen molar-refractivity contribution in [2.45, 2.75) is 16.0 Å². The Balaban J connectivity index is 1.52. The molecule has 4 rings (SSSR count). The molecule has 1 heterocycles. The van der Waals surface area contributed by atoms with E-state index in [4.69, 9.17) is 0 Å². The lowest BCUT2D eigenvalue weighted by Gasteiger charge is -2.18. The monoisotopic (exact) mass is 400 g/mol. The van der Waals surface area contributed by atoms with Crippen LogP contribution in [-0.4, -0.2) is 20.7 Å². The molecule has 0 fully saturated rings. The second-order valence-electron chi connectivity index (χ2n) is 6.59. The fraction of sp³-hybridized carbons (Fsp3) is 0.0870. The molecular formula is C23H20N4OS. The number of anilines is 1. The molecule has 0 saturated heterocycles. The zero-order valence-electron chi connectivity index (χ0n) is 15.9. The van der Waals surface area contributed by atoms with Crippen molar-refractivity contribution in [2.75, 3.05) is 5.32 Å². The average molecular weight is 401 g/mol. The maximum atomic E-state index is 13.2. The molecule has 0 radical (unpaired) electrons. The van der Waals surface area contributed by atoms with Crippen LogP contribution >= 0.6 is 11.8 Å². The molecule has 6 heteroatoms. The Hall–Kier alpha value is -3.38. The summed E-state index contributed by atoms with van der Waals surface area (Å²) in [5.74, 6) is -0.429. The zero-order chi connectivity index (χ0) is 20.1. The van der Waals surface area contributed by atoms with E-state index in [1.807, 2.05) is 96.5 Å². The number of amides is 1. The highest BCUT2D eigenvalue weighted by atomic mass is 32.2. The van der Waals surface area contributed by atoms with Crippen LogP contribution in [0.1, 0.15) is 17.0 Å². The summed E-state index contributed by atoms with van der Waals surface area (Å²) in [5.41, 5.74) is 2.69. The van der Waals surface area contributed by atoms with Crippen molar-refractivity contribution in [3.05, 3.63) is 102 Å². The number of rotatable bonds is 6. The minimum atomic E-state index is -0.370. The van der Waals surface area contributed by atoms with E-state index in [9.17, 15) is 4.79 Å². The van der Waals surface area contributed by atoms with E-state index >= 15 is 0 Å². The van der Waals surface area contributed by atoms with Crippen molar-refractivity contribution in [1.29, 1.82) is 0 Å². The van der Waals surface area contributed by atoms with Gasteiger partial charge in [-0.3, -0.25) is 4.79 Å². The molecule has 5 nitrogen and oxygen atoms in total. The van der Waals surface area contributed by atoms with Gasteiger partial charge in [-0.1, -0.05) is 60.7 Å². The highest BCUT2D eigenvalue weighted by Gasteiger charge is 2.22. The van der Waals surface area contributed by atoms with Crippen molar-refractivity contribution >= 4 is 23.4 Å². The number of nitrogens with one attached hydrogen (secondary N) is 1. The van der Waals surface area contributed by atoms with Gasteiger partial charge in [-0.2, -0.15) is 0 Å². The Morgan fingerprint density at radius 1 is 0.897 bits per heavy atom. The summed E-state index contributed by atoms with van der Waals surface area (Å²) in [7, 11) is 1.91. The summed E-state index contributed by atoms with van der Waals surface area (Å²) in [4.78, 5) is 14.2. The molecule has 0 aliphatic heterocycles. The fourth-order valence-corrected chi connectivity index (χ4v) is 3.84. The molecule has 0 atom stereocenters. The maximum Gasteiger partial charge on any atom is 0.236 e. The summed E-state index contributed by atoms with van der Waals surface area (Å²) in [5, 5.41) is 11.8. The van der Waals surface area contributed by atoms with Gasteiger partial charge in [0, 0.05) is 17.6 Å².